The van der Waals surface area contributed by atoms with E-state index in [1.165, 1.54) is 0 Å². The van der Waals surface area contributed by atoms with E-state index in [9.17, 15) is 4.79 Å². The molecule has 0 spiro atoms. The SMILES string of the molecule is CC(NC(=O)c1cc(N)nc2ccccc12)C1CCCO1. The maximum Gasteiger partial charge on any atom is 0.252 e. The molecule has 1 amide bonds. The highest BCUT2D eigenvalue weighted by atomic mass is 16.5. The van der Waals surface area contributed by atoms with E-state index >= 15 is 0 Å². The van der Waals surface area contributed by atoms with Crippen molar-refractivity contribution in [2.75, 3.05) is 12.3 Å². The summed E-state index contributed by atoms with van der Waals surface area (Å²) in [6.45, 7) is 2.75. The van der Waals surface area contributed by atoms with Crippen LogP contribution in [0.25, 0.3) is 10.9 Å². The average molecular weight is 285 g/mol. The third-order valence-corrected chi connectivity index (χ3v) is 3.86. The van der Waals surface area contributed by atoms with E-state index in [0.717, 1.165) is 30.4 Å². The number of benzene rings is 1. The van der Waals surface area contributed by atoms with Gasteiger partial charge in [0.25, 0.3) is 5.91 Å². The summed E-state index contributed by atoms with van der Waals surface area (Å²) in [4.78, 5) is 16.8. The van der Waals surface area contributed by atoms with Gasteiger partial charge in [0.2, 0.25) is 0 Å². The molecule has 1 aliphatic rings. The number of nitrogen functional groups attached to an aromatic ring is 1. The fourth-order valence-electron chi connectivity index (χ4n) is 2.76. The molecular weight excluding hydrogens is 266 g/mol. The third-order valence-electron chi connectivity index (χ3n) is 3.86. The van der Waals surface area contributed by atoms with Crippen molar-refractivity contribution < 1.29 is 9.53 Å². The quantitative estimate of drug-likeness (QED) is 0.905. The highest BCUT2D eigenvalue weighted by molar-refractivity contribution is 6.07. The number of nitrogens with two attached hydrogens (primary N) is 1. The topological polar surface area (TPSA) is 77.2 Å². The second-order valence-corrected chi connectivity index (χ2v) is 5.43. The molecule has 2 aromatic rings. The predicted molar refractivity (Wildman–Crippen MR) is 82.1 cm³/mol. The second-order valence-electron chi connectivity index (χ2n) is 5.43. The number of nitrogens with zero attached hydrogens (tertiary/aromatic N) is 1. The van der Waals surface area contributed by atoms with Crippen LogP contribution in [0.1, 0.15) is 30.1 Å². The monoisotopic (exact) mass is 285 g/mol. The van der Waals surface area contributed by atoms with Gasteiger partial charge in [-0.3, -0.25) is 4.79 Å². The lowest BCUT2D eigenvalue weighted by molar-refractivity contribution is 0.0713. The van der Waals surface area contributed by atoms with E-state index in [4.69, 9.17) is 10.5 Å². The number of carbonyl (C=O) groups is 1. The van der Waals surface area contributed by atoms with Gasteiger partial charge < -0.3 is 15.8 Å². The van der Waals surface area contributed by atoms with Gasteiger partial charge in [0.05, 0.1) is 23.2 Å². The molecule has 2 heterocycles. The number of rotatable bonds is 3. The molecule has 0 saturated carbocycles. The Kier molecular flexibility index (Phi) is 3.75. The Morgan fingerprint density at radius 1 is 1.48 bits per heavy atom. The first-order chi connectivity index (χ1) is 10.1. The minimum absolute atomic E-state index is 0.0202. The van der Waals surface area contributed by atoms with Gasteiger partial charge in [-0.05, 0) is 31.9 Å². The minimum Gasteiger partial charge on any atom is -0.384 e. The Morgan fingerprint density at radius 2 is 2.29 bits per heavy atom. The molecule has 0 bridgehead atoms. The van der Waals surface area contributed by atoms with Crippen LogP contribution in [0.2, 0.25) is 0 Å². The molecule has 1 aromatic heterocycles. The highest BCUT2D eigenvalue weighted by Crippen LogP contribution is 2.20. The fourth-order valence-corrected chi connectivity index (χ4v) is 2.76. The normalized spacial score (nSPS) is 19.6. The van der Waals surface area contributed by atoms with Crippen molar-refractivity contribution in [2.45, 2.75) is 31.9 Å². The molecule has 3 rings (SSSR count). The van der Waals surface area contributed by atoms with Crippen molar-refractivity contribution >= 4 is 22.6 Å². The Balaban J connectivity index is 1.87. The molecule has 5 heteroatoms. The lowest BCUT2D eigenvalue weighted by atomic mass is 10.1. The molecule has 1 aliphatic heterocycles. The number of para-hydroxylation sites is 1. The third kappa shape index (κ3) is 2.83. The number of hydrogen-bond donors (Lipinski definition) is 2. The van der Waals surface area contributed by atoms with Gasteiger partial charge in [-0.1, -0.05) is 18.2 Å². The molecule has 0 aliphatic carbocycles. The zero-order valence-corrected chi connectivity index (χ0v) is 12.0. The van der Waals surface area contributed by atoms with E-state index in [0.29, 0.717) is 11.4 Å². The number of pyridine rings is 1. The molecule has 1 saturated heterocycles. The van der Waals surface area contributed by atoms with E-state index in [1.807, 2.05) is 31.2 Å². The lowest BCUT2D eigenvalue weighted by Gasteiger charge is -2.20. The van der Waals surface area contributed by atoms with Crippen molar-refractivity contribution in [2.24, 2.45) is 0 Å². The number of fused-ring (bicyclic) bond motifs is 1. The maximum absolute atomic E-state index is 12.5. The fraction of sp³-hybridized carbons (Fsp3) is 0.375. The van der Waals surface area contributed by atoms with Crippen molar-refractivity contribution in [3.63, 3.8) is 0 Å². The van der Waals surface area contributed by atoms with Crippen LogP contribution in [0.15, 0.2) is 30.3 Å². The van der Waals surface area contributed by atoms with Crippen LogP contribution >= 0.6 is 0 Å². The van der Waals surface area contributed by atoms with Crippen LogP contribution in [0.3, 0.4) is 0 Å². The van der Waals surface area contributed by atoms with Gasteiger partial charge in [-0.25, -0.2) is 4.98 Å². The van der Waals surface area contributed by atoms with E-state index in [2.05, 4.69) is 10.3 Å². The van der Waals surface area contributed by atoms with Gasteiger partial charge >= 0.3 is 0 Å². The van der Waals surface area contributed by atoms with E-state index in [1.54, 1.807) is 6.07 Å². The Bertz CT molecular complexity index is 666. The standard InChI is InChI=1S/C16H19N3O2/c1-10(14-7-4-8-21-14)18-16(20)12-9-15(17)19-13-6-3-2-5-11(12)13/h2-3,5-6,9-10,14H,4,7-8H2,1H3,(H2,17,19)(H,18,20). The summed E-state index contributed by atoms with van der Waals surface area (Å²) in [6.07, 6.45) is 2.14. The van der Waals surface area contributed by atoms with Gasteiger partial charge in [-0.15, -0.1) is 0 Å². The Morgan fingerprint density at radius 3 is 3.05 bits per heavy atom. The van der Waals surface area contributed by atoms with Gasteiger partial charge in [0.1, 0.15) is 5.82 Å². The second kappa shape index (κ2) is 5.69. The molecule has 1 fully saturated rings. The van der Waals surface area contributed by atoms with Crippen LogP contribution in [0.5, 0.6) is 0 Å². The summed E-state index contributed by atoms with van der Waals surface area (Å²) < 4.78 is 5.61. The smallest absolute Gasteiger partial charge is 0.252 e. The summed E-state index contributed by atoms with van der Waals surface area (Å²) in [7, 11) is 0. The molecule has 2 atom stereocenters. The number of nitrogens with one attached hydrogen (secondary N) is 1. The first-order valence-electron chi connectivity index (χ1n) is 7.23. The first-order valence-corrected chi connectivity index (χ1v) is 7.23. The molecule has 5 nitrogen and oxygen atoms in total. The van der Waals surface area contributed by atoms with Crippen LogP contribution < -0.4 is 11.1 Å². The number of aromatic nitrogens is 1. The van der Waals surface area contributed by atoms with Crippen LogP contribution in [0.4, 0.5) is 5.82 Å². The van der Waals surface area contributed by atoms with Crippen molar-refractivity contribution in [1.82, 2.24) is 10.3 Å². The van der Waals surface area contributed by atoms with Crippen molar-refractivity contribution in [3.05, 3.63) is 35.9 Å². The van der Waals surface area contributed by atoms with Crippen LogP contribution in [-0.2, 0) is 4.74 Å². The number of ether oxygens (including phenoxy) is 1. The Hall–Kier alpha value is -2.14. The molecule has 1 aromatic carbocycles. The first kappa shape index (κ1) is 13.8. The number of hydrogen-bond acceptors (Lipinski definition) is 4. The van der Waals surface area contributed by atoms with Crippen molar-refractivity contribution in [1.29, 1.82) is 0 Å². The predicted octanol–water partition coefficient (Wildman–Crippen LogP) is 2.11. The zero-order valence-electron chi connectivity index (χ0n) is 12.0. The number of amides is 1. The molecule has 3 N–H and O–H groups in total. The summed E-state index contributed by atoms with van der Waals surface area (Å²) in [5.41, 5.74) is 7.09. The highest BCUT2D eigenvalue weighted by Gasteiger charge is 2.24. The average Bonchev–Trinajstić information content (AvgIpc) is 3.00. The summed E-state index contributed by atoms with van der Waals surface area (Å²) in [5.74, 6) is 0.215. The zero-order chi connectivity index (χ0) is 14.8. The summed E-state index contributed by atoms with van der Waals surface area (Å²) in [6, 6.07) is 9.11. The molecular formula is C16H19N3O2. The number of anilines is 1. The van der Waals surface area contributed by atoms with Gasteiger partial charge in [0.15, 0.2) is 0 Å². The van der Waals surface area contributed by atoms with Crippen LogP contribution in [-0.4, -0.2) is 29.6 Å². The van der Waals surface area contributed by atoms with E-state index < -0.39 is 0 Å². The largest absolute Gasteiger partial charge is 0.384 e. The summed E-state index contributed by atoms with van der Waals surface area (Å²) >= 11 is 0. The Labute approximate surface area is 123 Å². The maximum atomic E-state index is 12.5. The van der Waals surface area contributed by atoms with E-state index in [-0.39, 0.29) is 18.1 Å². The van der Waals surface area contributed by atoms with Gasteiger partial charge in [0, 0.05) is 12.0 Å². The van der Waals surface area contributed by atoms with Gasteiger partial charge in [-0.2, -0.15) is 0 Å². The molecule has 21 heavy (non-hydrogen) atoms. The minimum atomic E-state index is -0.136. The molecule has 0 radical (unpaired) electrons. The lowest BCUT2D eigenvalue weighted by Crippen LogP contribution is -2.40. The summed E-state index contributed by atoms with van der Waals surface area (Å²) in [5, 5.41) is 3.82. The number of carbonyl (C=O) groups excluding carboxylic acids is 1. The van der Waals surface area contributed by atoms with Crippen molar-refractivity contribution in [3.8, 4) is 0 Å². The molecule has 110 valence electrons. The van der Waals surface area contributed by atoms with Crippen LogP contribution in [0, 0.1) is 0 Å². The molecule has 2 unspecified atom stereocenters.